The van der Waals surface area contributed by atoms with Gasteiger partial charge in [-0.2, -0.15) is 0 Å². The van der Waals surface area contributed by atoms with Crippen LogP contribution in [0.1, 0.15) is 50.5 Å². The molecule has 0 saturated carbocycles. The first-order valence-corrected chi connectivity index (χ1v) is 13.8. The number of amides is 1. The lowest BCUT2D eigenvalue weighted by Crippen LogP contribution is -2.58. The van der Waals surface area contributed by atoms with Gasteiger partial charge < -0.3 is 28.7 Å². The summed E-state index contributed by atoms with van der Waals surface area (Å²) in [6, 6.07) is 3.35. The molecule has 4 aliphatic rings. The van der Waals surface area contributed by atoms with Gasteiger partial charge in [-0.15, -0.1) is 0 Å². The Morgan fingerprint density at radius 2 is 1.68 bits per heavy atom. The van der Waals surface area contributed by atoms with Gasteiger partial charge in [-0.1, -0.05) is 20.8 Å². The van der Waals surface area contributed by atoms with Gasteiger partial charge in [-0.05, 0) is 61.3 Å². The summed E-state index contributed by atoms with van der Waals surface area (Å²) < 4.78 is 30.5. The highest BCUT2D eigenvalue weighted by molar-refractivity contribution is 6.74. The van der Waals surface area contributed by atoms with Crippen LogP contribution in [0.4, 0.5) is 0 Å². The van der Waals surface area contributed by atoms with Gasteiger partial charge in [0.1, 0.15) is 12.2 Å². The number of benzene rings is 1. The Bertz CT molecular complexity index is 979. The first-order valence-electron chi connectivity index (χ1n) is 10.9. The molecule has 3 heterocycles. The van der Waals surface area contributed by atoms with Crippen LogP contribution in [0.25, 0.3) is 5.57 Å². The summed E-state index contributed by atoms with van der Waals surface area (Å²) in [5.74, 6) is 0.345. The van der Waals surface area contributed by atoms with Crippen LogP contribution in [0, 0.1) is 0 Å². The minimum Gasteiger partial charge on any atom is -0.454 e. The van der Waals surface area contributed by atoms with Crippen molar-refractivity contribution < 1.29 is 28.2 Å². The maximum atomic E-state index is 13.0. The van der Waals surface area contributed by atoms with Gasteiger partial charge in [-0.3, -0.25) is 4.79 Å². The lowest BCUT2D eigenvalue weighted by Gasteiger charge is -2.44. The van der Waals surface area contributed by atoms with Gasteiger partial charge >= 0.3 is 0 Å². The summed E-state index contributed by atoms with van der Waals surface area (Å²) in [5.41, 5.74) is 2.40. The third-order valence-corrected chi connectivity index (χ3v) is 11.6. The zero-order chi connectivity index (χ0) is 22.3. The Morgan fingerprint density at radius 3 is 2.32 bits per heavy atom. The van der Waals surface area contributed by atoms with E-state index in [1.54, 1.807) is 6.07 Å². The van der Waals surface area contributed by atoms with Crippen LogP contribution >= 0.6 is 0 Å². The molecule has 0 bridgehead atoms. The van der Waals surface area contributed by atoms with E-state index >= 15 is 0 Å². The van der Waals surface area contributed by atoms with E-state index in [0.29, 0.717) is 17.1 Å². The fourth-order valence-electron chi connectivity index (χ4n) is 4.50. The van der Waals surface area contributed by atoms with Crippen LogP contribution in [0.15, 0.2) is 18.2 Å². The van der Waals surface area contributed by atoms with Crippen LogP contribution in [-0.4, -0.2) is 51.2 Å². The number of hydrogen-bond donors (Lipinski definition) is 1. The Hall–Kier alpha value is -1.87. The number of nitrogens with one attached hydrogen (secondary N) is 1. The highest BCUT2D eigenvalue weighted by atomic mass is 28.4. The molecule has 31 heavy (non-hydrogen) atoms. The Morgan fingerprint density at radius 1 is 1.06 bits per heavy atom. The van der Waals surface area contributed by atoms with Crippen LogP contribution in [0.5, 0.6) is 11.5 Å². The van der Waals surface area contributed by atoms with Crippen molar-refractivity contribution in [3.05, 3.63) is 29.3 Å². The highest BCUT2D eigenvalue weighted by Crippen LogP contribution is 2.47. The molecule has 168 valence electrons. The standard InChI is InChI=1S/C23H31NO6Si/c1-22(2,3)31(6,7)30-17-9-13-12-8-15-16(27-11-26-15)10-14(12)21(25)24-18(13)20-19(17)28-23(4,5)29-20/h8-10,17-20H,11H2,1-7H3,(H,24,25)/t17-,18+,19+,20-/m0/s1. The van der Waals surface area contributed by atoms with Gasteiger partial charge in [0, 0.05) is 0 Å². The molecule has 1 amide bonds. The average Bonchev–Trinajstić information content (AvgIpc) is 3.23. The van der Waals surface area contributed by atoms with E-state index in [9.17, 15) is 4.79 Å². The molecule has 1 aromatic rings. The van der Waals surface area contributed by atoms with E-state index in [2.05, 4.69) is 45.3 Å². The van der Waals surface area contributed by atoms with Gasteiger partial charge in [0.05, 0.1) is 17.7 Å². The normalized spacial score (nSPS) is 30.8. The van der Waals surface area contributed by atoms with E-state index < -0.39 is 14.1 Å². The van der Waals surface area contributed by atoms with E-state index in [0.717, 1.165) is 11.1 Å². The molecule has 4 atom stereocenters. The number of fused-ring (bicyclic) bond motifs is 6. The maximum absolute atomic E-state index is 13.0. The molecule has 3 aliphatic heterocycles. The summed E-state index contributed by atoms with van der Waals surface area (Å²) in [4.78, 5) is 13.0. The lowest BCUT2D eigenvalue weighted by molar-refractivity contribution is -0.151. The fourth-order valence-corrected chi connectivity index (χ4v) is 5.74. The topological polar surface area (TPSA) is 75.3 Å². The largest absolute Gasteiger partial charge is 0.454 e. The number of carbonyl (C=O) groups is 1. The van der Waals surface area contributed by atoms with E-state index in [1.807, 2.05) is 19.9 Å². The lowest BCUT2D eigenvalue weighted by atomic mass is 9.79. The molecule has 0 unspecified atom stereocenters. The van der Waals surface area contributed by atoms with Crippen molar-refractivity contribution in [3.63, 3.8) is 0 Å². The zero-order valence-electron chi connectivity index (χ0n) is 19.2. The second-order valence-corrected chi connectivity index (χ2v) is 15.5. The summed E-state index contributed by atoms with van der Waals surface area (Å²) in [7, 11) is -2.09. The van der Waals surface area contributed by atoms with E-state index in [1.165, 1.54) is 0 Å². The molecule has 1 N–H and O–H groups in total. The van der Waals surface area contributed by atoms with Crippen molar-refractivity contribution in [2.75, 3.05) is 6.79 Å². The summed E-state index contributed by atoms with van der Waals surface area (Å²) >= 11 is 0. The van der Waals surface area contributed by atoms with Gasteiger partial charge in [0.2, 0.25) is 6.79 Å². The second-order valence-electron chi connectivity index (χ2n) is 10.7. The SMILES string of the molecule is CC1(C)O[C@@H]2[C@H](O1)[C@@H](O[Si](C)(C)C(C)(C)C)C=C1c3cc4c(cc3C(=O)N[C@H]12)OCO4. The molecular formula is C23H31NO6Si. The molecule has 7 nitrogen and oxygen atoms in total. The van der Waals surface area contributed by atoms with Crippen molar-refractivity contribution in [1.82, 2.24) is 5.32 Å². The van der Waals surface area contributed by atoms with Crippen molar-refractivity contribution >= 4 is 19.8 Å². The zero-order valence-corrected chi connectivity index (χ0v) is 20.2. The monoisotopic (exact) mass is 445 g/mol. The van der Waals surface area contributed by atoms with Crippen molar-refractivity contribution in [1.29, 1.82) is 0 Å². The number of rotatable bonds is 2. The van der Waals surface area contributed by atoms with Crippen LogP contribution in [0.3, 0.4) is 0 Å². The van der Waals surface area contributed by atoms with Crippen molar-refractivity contribution in [3.8, 4) is 11.5 Å². The predicted octanol–water partition coefficient (Wildman–Crippen LogP) is 3.83. The molecule has 0 radical (unpaired) electrons. The number of hydrogen-bond acceptors (Lipinski definition) is 6. The summed E-state index contributed by atoms with van der Waals surface area (Å²) in [5, 5.41) is 3.19. The molecule has 1 saturated heterocycles. The van der Waals surface area contributed by atoms with E-state index in [-0.39, 0.29) is 42.1 Å². The van der Waals surface area contributed by atoms with Gasteiger partial charge in [0.25, 0.3) is 5.91 Å². The Balaban J connectivity index is 1.61. The fraction of sp³-hybridized carbons (Fsp3) is 0.609. The van der Waals surface area contributed by atoms with Gasteiger partial charge in [0.15, 0.2) is 25.6 Å². The first-order chi connectivity index (χ1) is 14.4. The van der Waals surface area contributed by atoms with Crippen molar-refractivity contribution in [2.45, 2.75) is 82.9 Å². The second kappa shape index (κ2) is 6.57. The molecule has 0 spiro atoms. The van der Waals surface area contributed by atoms with Gasteiger partial charge in [-0.25, -0.2) is 0 Å². The molecular weight excluding hydrogens is 414 g/mol. The average molecular weight is 446 g/mol. The molecule has 8 heteroatoms. The third-order valence-electron chi connectivity index (χ3n) is 7.09. The summed E-state index contributed by atoms with van der Waals surface area (Å²) in [6.45, 7) is 15.1. The quantitative estimate of drug-likeness (QED) is 0.698. The molecule has 1 aromatic carbocycles. The predicted molar refractivity (Wildman–Crippen MR) is 118 cm³/mol. The van der Waals surface area contributed by atoms with Crippen LogP contribution in [0.2, 0.25) is 18.1 Å². The van der Waals surface area contributed by atoms with Crippen LogP contribution in [-0.2, 0) is 13.9 Å². The van der Waals surface area contributed by atoms with E-state index in [4.69, 9.17) is 23.4 Å². The minimum absolute atomic E-state index is 0.0531. The molecule has 0 aromatic heterocycles. The Kier molecular flexibility index (Phi) is 4.45. The minimum atomic E-state index is -2.09. The van der Waals surface area contributed by atoms with Crippen molar-refractivity contribution in [2.24, 2.45) is 0 Å². The third kappa shape index (κ3) is 3.31. The number of carbonyl (C=O) groups excluding carboxylic acids is 1. The number of ether oxygens (including phenoxy) is 4. The highest BCUT2D eigenvalue weighted by Gasteiger charge is 2.55. The van der Waals surface area contributed by atoms with Crippen LogP contribution < -0.4 is 14.8 Å². The Labute approximate surface area is 184 Å². The first kappa shape index (κ1) is 21.0. The molecule has 5 rings (SSSR count). The molecule has 1 aliphatic carbocycles. The maximum Gasteiger partial charge on any atom is 0.252 e. The molecule has 1 fully saturated rings. The summed E-state index contributed by atoms with van der Waals surface area (Å²) in [6.07, 6.45) is 1.21. The smallest absolute Gasteiger partial charge is 0.252 e.